The molecule has 0 amide bonds. The van der Waals surface area contributed by atoms with Crippen LogP contribution in [0.15, 0.2) is 18.5 Å². The standard InChI is InChI=1S/C20H29N7/c1-24-19(17-5-2-3-6-18(17)23-24)15-25-13-16(14-25)26-9-11-27(12-10-26)20-21-7-4-8-22-20/h4,7-8,16H,2-3,5-6,9-15H2,1H3. The summed E-state index contributed by atoms with van der Waals surface area (Å²) in [5.41, 5.74) is 4.35. The van der Waals surface area contributed by atoms with E-state index in [2.05, 4.69) is 36.4 Å². The monoisotopic (exact) mass is 367 g/mol. The molecule has 2 aromatic rings. The van der Waals surface area contributed by atoms with Crippen LogP contribution in [0.1, 0.15) is 29.8 Å². The molecule has 7 nitrogen and oxygen atoms in total. The molecular formula is C20H29N7. The lowest BCUT2D eigenvalue weighted by Gasteiger charge is -2.48. The fourth-order valence-electron chi connectivity index (χ4n) is 4.80. The topological polar surface area (TPSA) is 53.3 Å². The van der Waals surface area contributed by atoms with Gasteiger partial charge in [0, 0.05) is 71.3 Å². The molecule has 0 unspecified atom stereocenters. The van der Waals surface area contributed by atoms with Gasteiger partial charge < -0.3 is 4.90 Å². The summed E-state index contributed by atoms with van der Waals surface area (Å²) in [6, 6.07) is 2.58. The summed E-state index contributed by atoms with van der Waals surface area (Å²) in [6.45, 7) is 7.69. The lowest BCUT2D eigenvalue weighted by molar-refractivity contribution is 0.0239. The van der Waals surface area contributed by atoms with E-state index in [0.29, 0.717) is 6.04 Å². The highest BCUT2D eigenvalue weighted by Gasteiger charge is 2.34. The first-order valence-electron chi connectivity index (χ1n) is 10.3. The van der Waals surface area contributed by atoms with Crippen molar-refractivity contribution in [3.8, 4) is 0 Å². The second-order valence-corrected chi connectivity index (χ2v) is 8.12. The predicted octanol–water partition coefficient (Wildman–Crippen LogP) is 1.10. The Balaban J connectivity index is 1.13. The van der Waals surface area contributed by atoms with Crippen LogP contribution in [0.3, 0.4) is 0 Å². The van der Waals surface area contributed by atoms with Gasteiger partial charge in [0.05, 0.1) is 11.4 Å². The van der Waals surface area contributed by atoms with Gasteiger partial charge in [0.15, 0.2) is 0 Å². The molecule has 0 aromatic carbocycles. The Bertz CT molecular complexity index is 773. The van der Waals surface area contributed by atoms with E-state index in [4.69, 9.17) is 5.10 Å². The lowest BCUT2D eigenvalue weighted by Crippen LogP contribution is -2.62. The molecule has 7 heteroatoms. The Hall–Kier alpha value is -1.99. The Morgan fingerprint density at radius 2 is 1.74 bits per heavy atom. The molecule has 144 valence electrons. The Labute approximate surface area is 161 Å². The third kappa shape index (κ3) is 3.34. The summed E-state index contributed by atoms with van der Waals surface area (Å²) in [7, 11) is 2.12. The van der Waals surface area contributed by atoms with Gasteiger partial charge in [0.25, 0.3) is 0 Å². The van der Waals surface area contributed by atoms with Gasteiger partial charge in [-0.3, -0.25) is 14.5 Å². The summed E-state index contributed by atoms with van der Waals surface area (Å²) < 4.78 is 2.14. The molecule has 2 aliphatic heterocycles. The first kappa shape index (κ1) is 17.1. The number of piperazine rings is 1. The number of anilines is 1. The first-order valence-corrected chi connectivity index (χ1v) is 10.3. The van der Waals surface area contributed by atoms with Crippen LogP contribution in [-0.4, -0.2) is 74.9 Å². The van der Waals surface area contributed by atoms with Crippen molar-refractivity contribution in [1.82, 2.24) is 29.5 Å². The van der Waals surface area contributed by atoms with Gasteiger partial charge in [-0.1, -0.05) is 0 Å². The zero-order valence-electron chi connectivity index (χ0n) is 16.2. The van der Waals surface area contributed by atoms with Crippen LogP contribution in [0.25, 0.3) is 0 Å². The van der Waals surface area contributed by atoms with E-state index < -0.39 is 0 Å². The van der Waals surface area contributed by atoms with Gasteiger partial charge in [-0.25, -0.2) is 9.97 Å². The highest BCUT2D eigenvalue weighted by atomic mass is 15.4. The third-order valence-electron chi connectivity index (χ3n) is 6.43. The van der Waals surface area contributed by atoms with E-state index >= 15 is 0 Å². The normalized spacial score (nSPS) is 21.9. The van der Waals surface area contributed by atoms with Crippen LogP contribution in [-0.2, 0) is 26.4 Å². The Morgan fingerprint density at radius 3 is 2.52 bits per heavy atom. The highest BCUT2D eigenvalue weighted by Crippen LogP contribution is 2.27. The van der Waals surface area contributed by atoms with Crippen molar-refractivity contribution < 1.29 is 0 Å². The van der Waals surface area contributed by atoms with E-state index in [-0.39, 0.29) is 0 Å². The van der Waals surface area contributed by atoms with Crippen molar-refractivity contribution in [2.75, 3.05) is 44.2 Å². The van der Waals surface area contributed by atoms with Gasteiger partial charge in [-0.05, 0) is 37.3 Å². The molecule has 0 spiro atoms. The molecule has 0 atom stereocenters. The molecule has 0 bridgehead atoms. The highest BCUT2D eigenvalue weighted by molar-refractivity contribution is 5.30. The SMILES string of the molecule is Cn1nc2c(c1CN1CC(N3CCN(c4ncccn4)CC3)C1)CCCC2. The van der Waals surface area contributed by atoms with Gasteiger partial charge >= 0.3 is 0 Å². The molecule has 0 radical (unpaired) electrons. The van der Waals surface area contributed by atoms with E-state index in [1.54, 1.807) is 5.56 Å². The number of hydrogen-bond acceptors (Lipinski definition) is 6. The molecular weight excluding hydrogens is 338 g/mol. The third-order valence-corrected chi connectivity index (χ3v) is 6.43. The minimum absolute atomic E-state index is 0.702. The molecule has 2 fully saturated rings. The Kier molecular flexibility index (Phi) is 4.57. The molecule has 2 saturated heterocycles. The second kappa shape index (κ2) is 7.20. The maximum Gasteiger partial charge on any atom is 0.225 e. The molecule has 1 aliphatic carbocycles. The number of likely N-dealkylation sites (tertiary alicyclic amines) is 1. The predicted molar refractivity (Wildman–Crippen MR) is 105 cm³/mol. The molecule has 4 heterocycles. The number of nitrogens with zero attached hydrogens (tertiary/aromatic N) is 7. The Morgan fingerprint density at radius 1 is 1.00 bits per heavy atom. The molecule has 0 N–H and O–H groups in total. The van der Waals surface area contributed by atoms with E-state index in [0.717, 1.165) is 38.7 Å². The van der Waals surface area contributed by atoms with Crippen molar-refractivity contribution in [1.29, 1.82) is 0 Å². The minimum Gasteiger partial charge on any atom is -0.338 e. The minimum atomic E-state index is 0.702. The van der Waals surface area contributed by atoms with Crippen LogP contribution in [0.2, 0.25) is 0 Å². The van der Waals surface area contributed by atoms with Crippen molar-refractivity contribution in [3.63, 3.8) is 0 Å². The second-order valence-electron chi connectivity index (χ2n) is 8.12. The maximum atomic E-state index is 4.77. The maximum absolute atomic E-state index is 4.77. The zero-order valence-corrected chi connectivity index (χ0v) is 16.2. The van der Waals surface area contributed by atoms with Gasteiger partial charge in [0.2, 0.25) is 5.95 Å². The van der Waals surface area contributed by atoms with Crippen molar-refractivity contribution in [2.45, 2.75) is 38.3 Å². The van der Waals surface area contributed by atoms with Crippen LogP contribution in [0, 0.1) is 0 Å². The molecule has 0 saturated carbocycles. The molecule has 27 heavy (non-hydrogen) atoms. The number of fused-ring (bicyclic) bond motifs is 1. The number of aromatic nitrogens is 4. The summed E-state index contributed by atoms with van der Waals surface area (Å²) in [4.78, 5) is 16.3. The number of aryl methyl sites for hydroxylation is 2. The molecule has 2 aromatic heterocycles. The number of rotatable bonds is 4. The van der Waals surface area contributed by atoms with E-state index in [1.165, 1.54) is 50.2 Å². The quantitative estimate of drug-likeness (QED) is 0.807. The van der Waals surface area contributed by atoms with Crippen LogP contribution in [0.4, 0.5) is 5.95 Å². The average molecular weight is 368 g/mol. The lowest BCUT2D eigenvalue weighted by atomic mass is 9.95. The van der Waals surface area contributed by atoms with Crippen LogP contribution >= 0.6 is 0 Å². The van der Waals surface area contributed by atoms with Crippen molar-refractivity contribution in [3.05, 3.63) is 35.4 Å². The summed E-state index contributed by atoms with van der Waals surface area (Å²) in [6.07, 6.45) is 8.67. The van der Waals surface area contributed by atoms with Gasteiger partial charge in [0.1, 0.15) is 0 Å². The average Bonchev–Trinajstić information content (AvgIpc) is 3.00. The number of hydrogen-bond donors (Lipinski definition) is 0. The van der Waals surface area contributed by atoms with Crippen LogP contribution < -0.4 is 4.90 Å². The summed E-state index contributed by atoms with van der Waals surface area (Å²) in [5, 5.41) is 4.77. The summed E-state index contributed by atoms with van der Waals surface area (Å²) >= 11 is 0. The van der Waals surface area contributed by atoms with E-state index in [1.807, 2.05) is 18.5 Å². The zero-order chi connectivity index (χ0) is 18.2. The summed E-state index contributed by atoms with van der Waals surface area (Å²) in [5.74, 6) is 0.869. The van der Waals surface area contributed by atoms with Gasteiger partial charge in [-0.2, -0.15) is 5.10 Å². The fraction of sp³-hybridized carbons (Fsp3) is 0.650. The van der Waals surface area contributed by atoms with Crippen molar-refractivity contribution in [2.24, 2.45) is 7.05 Å². The smallest absolute Gasteiger partial charge is 0.225 e. The van der Waals surface area contributed by atoms with Crippen molar-refractivity contribution >= 4 is 5.95 Å². The van der Waals surface area contributed by atoms with E-state index in [9.17, 15) is 0 Å². The molecule has 5 rings (SSSR count). The van der Waals surface area contributed by atoms with Crippen LogP contribution in [0.5, 0.6) is 0 Å². The first-order chi connectivity index (χ1) is 13.3. The fourth-order valence-corrected chi connectivity index (χ4v) is 4.80. The van der Waals surface area contributed by atoms with Gasteiger partial charge in [-0.15, -0.1) is 0 Å². The largest absolute Gasteiger partial charge is 0.338 e. The molecule has 3 aliphatic rings.